The van der Waals surface area contributed by atoms with Crippen molar-refractivity contribution in [3.63, 3.8) is 0 Å². The number of carbonyl (C=O) groups excluding carboxylic acids is 1. The van der Waals surface area contributed by atoms with Gasteiger partial charge in [-0.15, -0.1) is 0 Å². The van der Waals surface area contributed by atoms with Crippen LogP contribution in [0.4, 0.5) is 11.4 Å². The van der Waals surface area contributed by atoms with E-state index >= 15 is 0 Å². The summed E-state index contributed by atoms with van der Waals surface area (Å²) < 4.78 is 0. The first-order valence-electron chi connectivity index (χ1n) is 5.64. The number of rotatable bonds is 3. The maximum Gasteiger partial charge on any atom is 0.228 e. The fraction of sp³-hybridized carbons (Fsp3) is 0.0714. The Morgan fingerprint density at radius 1 is 1.05 bits per heavy atom. The molecule has 0 unspecified atom stereocenters. The lowest BCUT2D eigenvalue weighted by Crippen LogP contribution is -2.14. The topological polar surface area (TPSA) is 55.1 Å². The minimum atomic E-state index is -0.122. The number of hydrogen-bond acceptors (Lipinski definition) is 2. The summed E-state index contributed by atoms with van der Waals surface area (Å²) in [6, 6.07) is 12.1. The zero-order chi connectivity index (χ0) is 13.8. The van der Waals surface area contributed by atoms with E-state index in [1.807, 2.05) is 0 Å². The lowest BCUT2D eigenvalue weighted by molar-refractivity contribution is -0.115. The number of anilines is 2. The lowest BCUT2D eigenvalue weighted by atomic mass is 10.1. The number of nitrogens with two attached hydrogens (primary N) is 1. The van der Waals surface area contributed by atoms with Gasteiger partial charge in [0, 0.05) is 11.4 Å². The molecule has 0 aliphatic heterocycles. The zero-order valence-electron chi connectivity index (χ0n) is 9.99. The molecule has 0 saturated heterocycles. The molecule has 1 amide bonds. The van der Waals surface area contributed by atoms with Crippen LogP contribution in [0.5, 0.6) is 0 Å². The van der Waals surface area contributed by atoms with Crippen molar-refractivity contribution in [3.05, 3.63) is 58.1 Å². The summed E-state index contributed by atoms with van der Waals surface area (Å²) in [5.41, 5.74) is 7.74. The molecular formula is C14H12Cl2N2O. The summed E-state index contributed by atoms with van der Waals surface area (Å²) in [5, 5.41) is 3.70. The molecule has 0 aromatic heterocycles. The Balaban J connectivity index is 2.01. The first-order valence-corrected chi connectivity index (χ1v) is 6.39. The van der Waals surface area contributed by atoms with E-state index in [0.29, 0.717) is 21.4 Å². The summed E-state index contributed by atoms with van der Waals surface area (Å²) in [7, 11) is 0. The molecule has 0 atom stereocenters. The Morgan fingerprint density at radius 3 is 2.37 bits per heavy atom. The van der Waals surface area contributed by atoms with Gasteiger partial charge in [0.2, 0.25) is 5.91 Å². The van der Waals surface area contributed by atoms with Gasteiger partial charge in [-0.2, -0.15) is 0 Å². The van der Waals surface area contributed by atoms with E-state index in [1.54, 1.807) is 42.5 Å². The highest BCUT2D eigenvalue weighted by molar-refractivity contribution is 6.42. The van der Waals surface area contributed by atoms with Crippen molar-refractivity contribution in [1.82, 2.24) is 0 Å². The highest BCUT2D eigenvalue weighted by Crippen LogP contribution is 2.23. The molecule has 0 fully saturated rings. The van der Waals surface area contributed by atoms with Crippen molar-refractivity contribution < 1.29 is 4.79 Å². The molecule has 0 aliphatic carbocycles. The van der Waals surface area contributed by atoms with Crippen LogP contribution in [0, 0.1) is 0 Å². The van der Waals surface area contributed by atoms with Crippen LogP contribution in [0.1, 0.15) is 5.56 Å². The molecule has 19 heavy (non-hydrogen) atoms. The number of amides is 1. The first-order chi connectivity index (χ1) is 9.04. The van der Waals surface area contributed by atoms with Gasteiger partial charge in [-0.1, -0.05) is 29.3 Å². The summed E-state index contributed by atoms with van der Waals surface area (Å²) >= 11 is 11.7. The highest BCUT2D eigenvalue weighted by atomic mass is 35.5. The van der Waals surface area contributed by atoms with Crippen molar-refractivity contribution in [2.75, 3.05) is 11.1 Å². The van der Waals surface area contributed by atoms with E-state index in [4.69, 9.17) is 28.9 Å². The first kappa shape index (κ1) is 13.7. The van der Waals surface area contributed by atoms with Crippen molar-refractivity contribution >= 4 is 40.5 Å². The molecule has 2 aromatic carbocycles. The van der Waals surface area contributed by atoms with E-state index in [-0.39, 0.29) is 12.3 Å². The summed E-state index contributed by atoms with van der Waals surface area (Å²) in [6.07, 6.45) is 0.237. The van der Waals surface area contributed by atoms with Gasteiger partial charge >= 0.3 is 0 Å². The van der Waals surface area contributed by atoms with Gasteiger partial charge in [0.05, 0.1) is 16.5 Å². The van der Waals surface area contributed by atoms with Gasteiger partial charge in [0.1, 0.15) is 0 Å². The molecule has 0 saturated carbocycles. The van der Waals surface area contributed by atoms with Crippen LogP contribution < -0.4 is 11.1 Å². The van der Waals surface area contributed by atoms with Crippen LogP contribution in [0.25, 0.3) is 0 Å². The molecule has 0 heterocycles. The third-order valence-corrected chi connectivity index (χ3v) is 3.28. The van der Waals surface area contributed by atoms with Crippen LogP contribution in [-0.2, 0) is 11.2 Å². The molecule has 98 valence electrons. The third-order valence-electron chi connectivity index (χ3n) is 2.54. The fourth-order valence-electron chi connectivity index (χ4n) is 1.61. The van der Waals surface area contributed by atoms with E-state index in [1.165, 1.54) is 0 Å². The predicted octanol–water partition coefficient (Wildman–Crippen LogP) is 3.76. The molecule has 3 N–H and O–H groups in total. The predicted molar refractivity (Wildman–Crippen MR) is 79.7 cm³/mol. The Bertz CT molecular complexity index is 597. The Morgan fingerprint density at radius 2 is 1.74 bits per heavy atom. The number of hydrogen-bond donors (Lipinski definition) is 2. The maximum atomic E-state index is 11.8. The SMILES string of the molecule is Nc1ccc(NC(=O)Cc2ccc(Cl)c(Cl)c2)cc1. The Hall–Kier alpha value is -1.71. The fourth-order valence-corrected chi connectivity index (χ4v) is 1.93. The number of benzene rings is 2. The second-order valence-corrected chi connectivity index (χ2v) is 4.91. The molecule has 5 heteroatoms. The van der Waals surface area contributed by atoms with Crippen LogP contribution in [0.3, 0.4) is 0 Å². The maximum absolute atomic E-state index is 11.8. The van der Waals surface area contributed by atoms with Gasteiger partial charge in [-0.25, -0.2) is 0 Å². The lowest BCUT2D eigenvalue weighted by Gasteiger charge is -2.06. The average molecular weight is 295 g/mol. The second kappa shape index (κ2) is 5.95. The van der Waals surface area contributed by atoms with Gasteiger partial charge in [-0.3, -0.25) is 4.79 Å². The number of halogens is 2. The molecular weight excluding hydrogens is 283 g/mol. The van der Waals surface area contributed by atoms with E-state index in [0.717, 1.165) is 5.56 Å². The van der Waals surface area contributed by atoms with E-state index < -0.39 is 0 Å². The summed E-state index contributed by atoms with van der Waals surface area (Å²) in [5.74, 6) is -0.122. The van der Waals surface area contributed by atoms with E-state index in [9.17, 15) is 4.79 Å². The average Bonchev–Trinajstić information content (AvgIpc) is 2.37. The normalized spacial score (nSPS) is 10.2. The van der Waals surface area contributed by atoms with E-state index in [2.05, 4.69) is 5.32 Å². The monoisotopic (exact) mass is 294 g/mol. The Labute approximate surface area is 121 Å². The standard InChI is InChI=1S/C14H12Cl2N2O/c15-12-6-1-9(7-13(12)16)8-14(19)18-11-4-2-10(17)3-5-11/h1-7H,8,17H2,(H,18,19). The Kier molecular flexibility index (Phi) is 4.30. The summed E-state index contributed by atoms with van der Waals surface area (Å²) in [4.78, 5) is 11.8. The van der Waals surface area contributed by atoms with Crippen LogP contribution in [0.2, 0.25) is 10.0 Å². The van der Waals surface area contributed by atoms with Crippen molar-refractivity contribution in [2.24, 2.45) is 0 Å². The molecule has 0 bridgehead atoms. The smallest absolute Gasteiger partial charge is 0.228 e. The van der Waals surface area contributed by atoms with Crippen molar-refractivity contribution in [3.8, 4) is 0 Å². The quantitative estimate of drug-likeness (QED) is 0.847. The number of carbonyl (C=O) groups is 1. The van der Waals surface area contributed by atoms with Gasteiger partial charge < -0.3 is 11.1 Å². The number of nitrogen functional groups attached to an aromatic ring is 1. The molecule has 3 nitrogen and oxygen atoms in total. The minimum Gasteiger partial charge on any atom is -0.399 e. The highest BCUT2D eigenvalue weighted by Gasteiger charge is 2.06. The molecule has 0 aliphatic rings. The van der Waals surface area contributed by atoms with Crippen molar-refractivity contribution in [2.45, 2.75) is 6.42 Å². The van der Waals surface area contributed by atoms with Crippen LogP contribution >= 0.6 is 23.2 Å². The summed E-state index contributed by atoms with van der Waals surface area (Å²) in [6.45, 7) is 0. The van der Waals surface area contributed by atoms with Crippen molar-refractivity contribution in [1.29, 1.82) is 0 Å². The second-order valence-electron chi connectivity index (χ2n) is 4.10. The molecule has 2 aromatic rings. The largest absolute Gasteiger partial charge is 0.399 e. The molecule has 0 spiro atoms. The number of nitrogens with one attached hydrogen (secondary N) is 1. The molecule has 2 rings (SSSR count). The molecule has 0 radical (unpaired) electrons. The van der Waals surface area contributed by atoms with Gasteiger partial charge in [0.15, 0.2) is 0 Å². The zero-order valence-corrected chi connectivity index (χ0v) is 11.5. The third kappa shape index (κ3) is 3.88. The van der Waals surface area contributed by atoms with Crippen LogP contribution in [-0.4, -0.2) is 5.91 Å². The minimum absolute atomic E-state index is 0.122. The van der Waals surface area contributed by atoms with Gasteiger partial charge in [0.25, 0.3) is 0 Å². The van der Waals surface area contributed by atoms with Crippen LogP contribution in [0.15, 0.2) is 42.5 Å². The van der Waals surface area contributed by atoms with Gasteiger partial charge in [-0.05, 0) is 42.0 Å².